The highest BCUT2D eigenvalue weighted by molar-refractivity contribution is 5.28. The molecule has 1 aromatic carbocycles. The van der Waals surface area contributed by atoms with Crippen LogP contribution >= 0.6 is 0 Å². The average molecular weight is 249 g/mol. The van der Waals surface area contributed by atoms with Crippen LogP contribution in [0.4, 0.5) is 0 Å². The molecule has 1 N–H and O–H groups in total. The minimum Gasteiger partial charge on any atom is -0.492 e. The second kappa shape index (κ2) is 6.76. The molecule has 1 aromatic rings. The van der Waals surface area contributed by atoms with Crippen LogP contribution < -0.4 is 4.74 Å². The number of nitrogens with zero attached hydrogens (tertiary/aromatic N) is 1. The minimum atomic E-state index is 0.238. The van der Waals surface area contributed by atoms with Crippen LogP contribution in [-0.4, -0.2) is 42.4 Å². The second-order valence-corrected chi connectivity index (χ2v) is 4.84. The number of rotatable bonds is 8. The molecule has 1 aliphatic carbocycles. The first kappa shape index (κ1) is 13.4. The van der Waals surface area contributed by atoms with Crippen molar-refractivity contribution in [1.29, 1.82) is 0 Å². The number of ether oxygens (including phenoxy) is 1. The van der Waals surface area contributed by atoms with E-state index in [-0.39, 0.29) is 6.61 Å². The van der Waals surface area contributed by atoms with E-state index in [1.54, 1.807) is 0 Å². The van der Waals surface area contributed by atoms with Gasteiger partial charge in [0.1, 0.15) is 12.4 Å². The fourth-order valence-corrected chi connectivity index (χ4v) is 2.18. The van der Waals surface area contributed by atoms with E-state index in [4.69, 9.17) is 9.84 Å². The third-order valence-corrected chi connectivity index (χ3v) is 3.40. The van der Waals surface area contributed by atoms with Gasteiger partial charge in [-0.25, -0.2) is 0 Å². The Bertz CT molecular complexity index is 363. The number of aliphatic hydroxyl groups excluding tert-OH is 1. The molecule has 1 aliphatic rings. The van der Waals surface area contributed by atoms with Gasteiger partial charge in [-0.2, -0.15) is 0 Å². The Labute approximate surface area is 109 Å². The summed E-state index contributed by atoms with van der Waals surface area (Å²) >= 11 is 0. The summed E-state index contributed by atoms with van der Waals surface area (Å²) < 4.78 is 5.78. The van der Waals surface area contributed by atoms with E-state index in [1.165, 1.54) is 18.4 Å². The third-order valence-electron chi connectivity index (χ3n) is 3.40. The first-order valence-corrected chi connectivity index (χ1v) is 6.90. The van der Waals surface area contributed by atoms with Crippen molar-refractivity contribution in [1.82, 2.24) is 4.90 Å². The van der Waals surface area contributed by atoms with Crippen molar-refractivity contribution < 1.29 is 9.84 Å². The van der Waals surface area contributed by atoms with E-state index in [1.807, 2.05) is 12.1 Å². The molecule has 0 unspecified atom stereocenters. The van der Waals surface area contributed by atoms with Crippen LogP contribution in [0.1, 0.15) is 25.3 Å². The van der Waals surface area contributed by atoms with E-state index in [9.17, 15) is 0 Å². The van der Waals surface area contributed by atoms with E-state index >= 15 is 0 Å². The Morgan fingerprint density at radius 3 is 2.83 bits per heavy atom. The van der Waals surface area contributed by atoms with Crippen molar-refractivity contribution in [3.63, 3.8) is 0 Å². The summed E-state index contributed by atoms with van der Waals surface area (Å²) in [6, 6.07) is 8.96. The fourth-order valence-electron chi connectivity index (χ4n) is 2.18. The number of benzene rings is 1. The highest BCUT2D eigenvalue weighted by Gasteiger charge is 2.28. The van der Waals surface area contributed by atoms with Gasteiger partial charge in [-0.1, -0.05) is 19.1 Å². The van der Waals surface area contributed by atoms with Crippen LogP contribution in [0, 0.1) is 0 Å². The van der Waals surface area contributed by atoms with Gasteiger partial charge in [-0.15, -0.1) is 0 Å². The molecule has 1 fully saturated rings. The second-order valence-electron chi connectivity index (χ2n) is 4.84. The minimum absolute atomic E-state index is 0.238. The summed E-state index contributed by atoms with van der Waals surface area (Å²) in [6.07, 6.45) is 3.58. The summed E-state index contributed by atoms with van der Waals surface area (Å²) in [5.41, 5.74) is 1.31. The van der Waals surface area contributed by atoms with Gasteiger partial charge in [0, 0.05) is 19.1 Å². The van der Waals surface area contributed by atoms with Crippen molar-refractivity contribution in [2.45, 2.75) is 32.2 Å². The van der Waals surface area contributed by atoms with Crippen molar-refractivity contribution in [2.75, 3.05) is 26.3 Å². The number of hydrogen-bond donors (Lipinski definition) is 1. The van der Waals surface area contributed by atoms with Crippen LogP contribution in [-0.2, 0) is 6.42 Å². The maximum atomic E-state index is 9.02. The summed E-state index contributed by atoms with van der Waals surface area (Å²) in [5, 5.41) is 9.02. The van der Waals surface area contributed by atoms with Crippen LogP contribution in [0.25, 0.3) is 0 Å². The standard InChI is InChI=1S/C15H23NO2/c1-2-13-4-3-5-15(12-13)18-11-9-16(8-10-17)14-6-7-14/h3-5,12,14,17H,2,6-11H2,1H3. The fraction of sp³-hybridized carbons (Fsp3) is 0.600. The van der Waals surface area contributed by atoms with Gasteiger partial charge in [0.15, 0.2) is 0 Å². The highest BCUT2D eigenvalue weighted by atomic mass is 16.5. The molecule has 0 heterocycles. The van der Waals surface area contributed by atoms with Gasteiger partial charge < -0.3 is 9.84 Å². The Hall–Kier alpha value is -1.06. The Morgan fingerprint density at radius 1 is 1.33 bits per heavy atom. The molecule has 2 rings (SSSR count). The van der Waals surface area contributed by atoms with Crippen LogP contribution in [0.2, 0.25) is 0 Å². The van der Waals surface area contributed by atoms with Crippen LogP contribution in [0.3, 0.4) is 0 Å². The molecule has 0 aliphatic heterocycles. The van der Waals surface area contributed by atoms with Crippen LogP contribution in [0.15, 0.2) is 24.3 Å². The first-order valence-electron chi connectivity index (χ1n) is 6.90. The molecule has 0 saturated heterocycles. The SMILES string of the molecule is CCc1cccc(OCCN(CCO)C2CC2)c1. The number of aryl methyl sites for hydroxylation is 1. The Morgan fingerprint density at radius 2 is 2.17 bits per heavy atom. The molecule has 0 aromatic heterocycles. The largest absolute Gasteiger partial charge is 0.492 e. The lowest BCUT2D eigenvalue weighted by molar-refractivity contribution is 0.162. The van der Waals surface area contributed by atoms with Crippen molar-refractivity contribution in [2.24, 2.45) is 0 Å². The molecular weight excluding hydrogens is 226 g/mol. The molecule has 0 bridgehead atoms. The molecule has 3 heteroatoms. The molecule has 100 valence electrons. The van der Waals surface area contributed by atoms with E-state index in [0.717, 1.165) is 25.3 Å². The Balaban J connectivity index is 1.76. The molecule has 0 atom stereocenters. The lowest BCUT2D eigenvalue weighted by Crippen LogP contribution is -2.33. The lowest BCUT2D eigenvalue weighted by Gasteiger charge is -2.20. The maximum absolute atomic E-state index is 9.02. The summed E-state index contributed by atoms with van der Waals surface area (Å²) in [5.74, 6) is 0.953. The normalized spacial score (nSPS) is 15.1. The summed E-state index contributed by atoms with van der Waals surface area (Å²) in [4.78, 5) is 2.32. The first-order chi connectivity index (χ1) is 8.83. The average Bonchev–Trinajstić information content (AvgIpc) is 3.22. The predicted molar refractivity (Wildman–Crippen MR) is 73.0 cm³/mol. The monoisotopic (exact) mass is 249 g/mol. The summed E-state index contributed by atoms with van der Waals surface area (Å²) in [6.45, 7) is 4.76. The van der Waals surface area contributed by atoms with Crippen molar-refractivity contribution in [3.8, 4) is 5.75 Å². The Kier molecular flexibility index (Phi) is 5.02. The molecule has 0 spiro atoms. The van der Waals surface area contributed by atoms with Gasteiger partial charge in [0.25, 0.3) is 0 Å². The molecular formula is C15H23NO2. The van der Waals surface area contributed by atoms with E-state index in [2.05, 4.69) is 24.0 Å². The zero-order valence-corrected chi connectivity index (χ0v) is 11.1. The predicted octanol–water partition coefficient (Wildman–Crippen LogP) is 2.08. The smallest absolute Gasteiger partial charge is 0.119 e. The molecule has 18 heavy (non-hydrogen) atoms. The quantitative estimate of drug-likeness (QED) is 0.765. The summed E-state index contributed by atoms with van der Waals surface area (Å²) in [7, 11) is 0. The van der Waals surface area contributed by atoms with Gasteiger partial charge in [0.05, 0.1) is 6.61 Å². The van der Waals surface area contributed by atoms with Crippen molar-refractivity contribution in [3.05, 3.63) is 29.8 Å². The molecule has 3 nitrogen and oxygen atoms in total. The zero-order chi connectivity index (χ0) is 12.8. The van der Waals surface area contributed by atoms with Crippen molar-refractivity contribution >= 4 is 0 Å². The lowest BCUT2D eigenvalue weighted by atomic mass is 10.2. The highest BCUT2D eigenvalue weighted by Crippen LogP contribution is 2.26. The van der Waals surface area contributed by atoms with E-state index in [0.29, 0.717) is 12.6 Å². The molecule has 1 saturated carbocycles. The third kappa shape index (κ3) is 4.00. The van der Waals surface area contributed by atoms with E-state index < -0.39 is 0 Å². The topological polar surface area (TPSA) is 32.7 Å². The zero-order valence-electron chi connectivity index (χ0n) is 11.1. The van der Waals surface area contributed by atoms with Gasteiger partial charge in [-0.3, -0.25) is 4.90 Å². The number of hydrogen-bond acceptors (Lipinski definition) is 3. The number of aliphatic hydroxyl groups is 1. The maximum Gasteiger partial charge on any atom is 0.119 e. The van der Waals surface area contributed by atoms with Gasteiger partial charge >= 0.3 is 0 Å². The van der Waals surface area contributed by atoms with Gasteiger partial charge in [-0.05, 0) is 37.0 Å². The molecule has 0 radical (unpaired) electrons. The molecule has 0 amide bonds. The van der Waals surface area contributed by atoms with Crippen LogP contribution in [0.5, 0.6) is 5.75 Å². The van der Waals surface area contributed by atoms with Gasteiger partial charge in [0.2, 0.25) is 0 Å².